The molecule has 64 valence electrons. The number of carbonyl (C=O) groups is 2. The summed E-state index contributed by atoms with van der Waals surface area (Å²) >= 11 is 1.27. The van der Waals surface area contributed by atoms with Gasteiger partial charge in [0.2, 0.25) is 12.3 Å². The summed E-state index contributed by atoms with van der Waals surface area (Å²) in [5, 5.41) is 4.48. The van der Waals surface area contributed by atoms with Crippen molar-refractivity contribution in [3.63, 3.8) is 0 Å². The van der Waals surface area contributed by atoms with E-state index in [1.165, 1.54) is 11.3 Å². The van der Waals surface area contributed by atoms with Crippen LogP contribution in [-0.2, 0) is 9.59 Å². The maximum absolute atomic E-state index is 10.8. The van der Waals surface area contributed by atoms with E-state index in [4.69, 9.17) is 5.73 Å². The van der Waals surface area contributed by atoms with Gasteiger partial charge in [0.1, 0.15) is 5.01 Å². The van der Waals surface area contributed by atoms with E-state index in [-0.39, 0.29) is 0 Å². The lowest BCUT2D eigenvalue weighted by molar-refractivity contribution is -0.122. The summed E-state index contributed by atoms with van der Waals surface area (Å²) in [6.45, 7) is 0. The van der Waals surface area contributed by atoms with Crippen LogP contribution in [0, 0.1) is 0 Å². The highest BCUT2D eigenvalue weighted by Gasteiger charge is 2.18. The minimum atomic E-state index is -0.803. The number of carbonyl (C=O) groups excluding carboxylic acids is 2. The number of nitrogens with zero attached hydrogens (tertiary/aromatic N) is 1. The Labute approximate surface area is 72.6 Å². The van der Waals surface area contributed by atoms with Crippen molar-refractivity contribution in [3.05, 3.63) is 16.6 Å². The van der Waals surface area contributed by atoms with Gasteiger partial charge in [-0.1, -0.05) is 0 Å². The van der Waals surface area contributed by atoms with Gasteiger partial charge in [0, 0.05) is 11.6 Å². The number of nitrogens with one attached hydrogen (secondary N) is 1. The van der Waals surface area contributed by atoms with Crippen molar-refractivity contribution >= 4 is 23.7 Å². The Morgan fingerprint density at radius 2 is 2.58 bits per heavy atom. The van der Waals surface area contributed by atoms with Crippen LogP contribution in [0.3, 0.4) is 0 Å². The molecule has 2 amide bonds. The molecule has 0 spiro atoms. The van der Waals surface area contributed by atoms with Crippen molar-refractivity contribution in [3.8, 4) is 0 Å². The zero-order chi connectivity index (χ0) is 8.97. The average Bonchev–Trinajstić information content (AvgIpc) is 2.51. The number of amides is 2. The van der Waals surface area contributed by atoms with Gasteiger partial charge in [0.15, 0.2) is 6.04 Å². The fourth-order valence-corrected chi connectivity index (χ4v) is 1.42. The third-order valence-corrected chi connectivity index (χ3v) is 2.06. The molecule has 0 aliphatic carbocycles. The Balaban J connectivity index is 2.80. The smallest absolute Gasteiger partial charge is 0.247 e. The lowest BCUT2D eigenvalue weighted by Gasteiger charge is -2.07. The third kappa shape index (κ3) is 1.79. The predicted octanol–water partition coefficient (Wildman–Crippen LogP) is -0.585. The van der Waals surface area contributed by atoms with Gasteiger partial charge in [-0.05, 0) is 0 Å². The van der Waals surface area contributed by atoms with Crippen LogP contribution in [0.2, 0.25) is 0 Å². The van der Waals surface area contributed by atoms with Crippen molar-refractivity contribution in [1.29, 1.82) is 0 Å². The second-order valence-corrected chi connectivity index (χ2v) is 2.92. The van der Waals surface area contributed by atoms with E-state index in [1.807, 2.05) is 0 Å². The van der Waals surface area contributed by atoms with Crippen molar-refractivity contribution in [2.75, 3.05) is 0 Å². The van der Waals surface area contributed by atoms with E-state index < -0.39 is 11.9 Å². The van der Waals surface area contributed by atoms with E-state index in [2.05, 4.69) is 10.3 Å². The van der Waals surface area contributed by atoms with E-state index in [1.54, 1.807) is 11.6 Å². The quantitative estimate of drug-likeness (QED) is 0.615. The van der Waals surface area contributed by atoms with Crippen molar-refractivity contribution < 1.29 is 9.59 Å². The molecule has 1 unspecified atom stereocenters. The first-order chi connectivity index (χ1) is 5.75. The van der Waals surface area contributed by atoms with Gasteiger partial charge in [-0.15, -0.1) is 11.3 Å². The number of hydrogen-bond acceptors (Lipinski definition) is 4. The van der Waals surface area contributed by atoms with Crippen molar-refractivity contribution in [1.82, 2.24) is 10.3 Å². The molecule has 0 bridgehead atoms. The highest BCUT2D eigenvalue weighted by Crippen LogP contribution is 2.13. The molecule has 1 rings (SSSR count). The van der Waals surface area contributed by atoms with E-state index in [0.717, 1.165) is 0 Å². The summed E-state index contributed by atoms with van der Waals surface area (Å²) in [6.07, 6.45) is 1.97. The molecule has 0 saturated heterocycles. The number of hydrogen-bond donors (Lipinski definition) is 2. The molecule has 12 heavy (non-hydrogen) atoms. The third-order valence-electron chi connectivity index (χ3n) is 1.22. The number of nitrogens with two attached hydrogens (primary N) is 1. The Hall–Kier alpha value is -1.43. The van der Waals surface area contributed by atoms with Crippen LogP contribution in [0.4, 0.5) is 0 Å². The van der Waals surface area contributed by atoms with Gasteiger partial charge in [0.25, 0.3) is 0 Å². The highest BCUT2D eigenvalue weighted by atomic mass is 32.1. The van der Waals surface area contributed by atoms with Gasteiger partial charge in [-0.2, -0.15) is 0 Å². The maximum atomic E-state index is 10.8. The monoisotopic (exact) mass is 185 g/mol. The molecule has 1 aromatic heterocycles. The minimum Gasteiger partial charge on any atom is -0.368 e. The summed E-state index contributed by atoms with van der Waals surface area (Å²) < 4.78 is 0. The summed E-state index contributed by atoms with van der Waals surface area (Å²) in [4.78, 5) is 24.7. The summed E-state index contributed by atoms with van der Waals surface area (Å²) in [5.74, 6) is -0.614. The molecule has 0 aliphatic heterocycles. The Bertz CT molecular complexity index is 272. The lowest BCUT2D eigenvalue weighted by Crippen LogP contribution is -2.32. The Morgan fingerprint density at radius 3 is 3.00 bits per heavy atom. The average molecular weight is 185 g/mol. The zero-order valence-electron chi connectivity index (χ0n) is 6.06. The molecule has 6 heteroatoms. The van der Waals surface area contributed by atoms with Gasteiger partial charge in [-0.25, -0.2) is 4.98 Å². The summed E-state index contributed by atoms with van der Waals surface area (Å²) in [5.41, 5.74) is 5.02. The SMILES string of the molecule is NC(=O)C(NC=O)c1nccs1. The Morgan fingerprint density at radius 1 is 1.83 bits per heavy atom. The number of rotatable bonds is 4. The Kier molecular flexibility index (Phi) is 2.76. The molecule has 0 fully saturated rings. The molecule has 0 saturated carbocycles. The van der Waals surface area contributed by atoms with Crippen LogP contribution in [-0.4, -0.2) is 17.3 Å². The molecule has 1 atom stereocenters. The van der Waals surface area contributed by atoms with Crippen LogP contribution in [0.1, 0.15) is 11.0 Å². The van der Waals surface area contributed by atoms with Crippen molar-refractivity contribution in [2.24, 2.45) is 5.73 Å². The second kappa shape index (κ2) is 3.82. The molecule has 0 aliphatic rings. The van der Waals surface area contributed by atoms with E-state index in [0.29, 0.717) is 11.4 Å². The van der Waals surface area contributed by atoms with Crippen molar-refractivity contribution in [2.45, 2.75) is 6.04 Å². The first kappa shape index (κ1) is 8.66. The standard InChI is InChI=1S/C6H7N3O2S/c7-5(11)4(9-3-10)6-8-1-2-12-6/h1-4H,(H2,7,11)(H,9,10). The molecule has 3 N–H and O–H groups in total. The van der Waals surface area contributed by atoms with Crippen LogP contribution < -0.4 is 11.1 Å². The largest absolute Gasteiger partial charge is 0.368 e. The molecule has 5 nitrogen and oxygen atoms in total. The van der Waals surface area contributed by atoms with Gasteiger partial charge < -0.3 is 11.1 Å². The second-order valence-electron chi connectivity index (χ2n) is 1.99. The topological polar surface area (TPSA) is 85.1 Å². The highest BCUT2D eigenvalue weighted by molar-refractivity contribution is 7.09. The summed E-state index contributed by atoms with van der Waals surface area (Å²) in [6, 6.07) is -0.803. The number of aromatic nitrogens is 1. The van der Waals surface area contributed by atoms with E-state index >= 15 is 0 Å². The van der Waals surface area contributed by atoms with Gasteiger partial charge >= 0.3 is 0 Å². The van der Waals surface area contributed by atoms with Gasteiger partial charge in [0.05, 0.1) is 0 Å². The van der Waals surface area contributed by atoms with Crippen LogP contribution in [0.5, 0.6) is 0 Å². The molecule has 1 aromatic rings. The molecule has 0 radical (unpaired) electrons. The maximum Gasteiger partial charge on any atom is 0.247 e. The molecule has 1 heterocycles. The molecular weight excluding hydrogens is 178 g/mol. The number of thiazole rings is 1. The predicted molar refractivity (Wildman–Crippen MR) is 43.2 cm³/mol. The van der Waals surface area contributed by atoms with Crippen LogP contribution in [0.15, 0.2) is 11.6 Å². The molecule has 0 aromatic carbocycles. The fraction of sp³-hybridized carbons (Fsp3) is 0.167. The fourth-order valence-electron chi connectivity index (χ4n) is 0.720. The van der Waals surface area contributed by atoms with Gasteiger partial charge in [-0.3, -0.25) is 9.59 Å². The first-order valence-corrected chi connectivity index (χ1v) is 4.02. The van der Waals surface area contributed by atoms with Crippen LogP contribution in [0.25, 0.3) is 0 Å². The number of primary amides is 1. The zero-order valence-corrected chi connectivity index (χ0v) is 6.88. The summed E-state index contributed by atoms with van der Waals surface area (Å²) in [7, 11) is 0. The van der Waals surface area contributed by atoms with E-state index in [9.17, 15) is 9.59 Å². The minimum absolute atomic E-state index is 0.427. The first-order valence-electron chi connectivity index (χ1n) is 3.14. The van der Waals surface area contributed by atoms with Crippen LogP contribution >= 0.6 is 11.3 Å². The lowest BCUT2D eigenvalue weighted by atomic mass is 10.3. The molecular formula is C6H7N3O2S. The normalized spacial score (nSPS) is 12.0.